The molecule has 3 aromatic heterocycles. The fraction of sp³-hybridized carbons (Fsp3) is 0.276. The van der Waals surface area contributed by atoms with Crippen molar-refractivity contribution in [3.8, 4) is 5.75 Å². The van der Waals surface area contributed by atoms with Crippen molar-refractivity contribution in [2.75, 3.05) is 18.1 Å². The number of ketones is 1. The summed E-state index contributed by atoms with van der Waals surface area (Å²) in [6.07, 6.45) is 2.57. The summed E-state index contributed by atoms with van der Waals surface area (Å²) in [7, 11) is 0. The molecule has 1 N–H and O–H groups in total. The number of amides is 1. The predicted molar refractivity (Wildman–Crippen MR) is 150 cm³/mol. The molecule has 1 amide bonds. The molecular formula is C29H28N4O6S. The maximum atomic E-state index is 13.6. The molecule has 1 saturated heterocycles. The molecule has 0 radical (unpaired) electrons. The predicted octanol–water partition coefficient (Wildman–Crippen LogP) is 5.00. The van der Waals surface area contributed by atoms with Crippen molar-refractivity contribution in [3.63, 3.8) is 0 Å². The Hall–Kier alpha value is -4.51. The second-order valence-corrected chi connectivity index (χ2v) is 10.2. The summed E-state index contributed by atoms with van der Waals surface area (Å²) in [5, 5.41) is 11.8. The third kappa shape index (κ3) is 4.62. The fourth-order valence-electron chi connectivity index (χ4n) is 4.71. The largest absolute Gasteiger partial charge is 0.505 e. The molecule has 1 atom stereocenters. The van der Waals surface area contributed by atoms with Crippen LogP contribution in [-0.4, -0.2) is 50.3 Å². The number of imidazole rings is 1. The smallest absolute Gasteiger partial charge is 0.350 e. The van der Waals surface area contributed by atoms with E-state index in [1.165, 1.54) is 4.90 Å². The van der Waals surface area contributed by atoms with Gasteiger partial charge < -0.3 is 14.6 Å². The number of aliphatic hydroxyl groups is 1. The van der Waals surface area contributed by atoms with Gasteiger partial charge in [-0.1, -0.05) is 36.5 Å². The highest BCUT2D eigenvalue weighted by atomic mass is 32.1. The van der Waals surface area contributed by atoms with Gasteiger partial charge in [-0.25, -0.2) is 14.8 Å². The molecule has 1 aromatic carbocycles. The minimum absolute atomic E-state index is 0.105. The molecule has 4 heterocycles. The summed E-state index contributed by atoms with van der Waals surface area (Å²) in [6.45, 7) is 7.79. The van der Waals surface area contributed by atoms with E-state index in [1.807, 2.05) is 13.0 Å². The molecule has 1 aliphatic heterocycles. The highest BCUT2D eigenvalue weighted by molar-refractivity contribution is 7.17. The number of aliphatic hydroxyl groups excluding tert-OH is 1. The van der Waals surface area contributed by atoms with Crippen LogP contribution < -0.4 is 9.64 Å². The SMILES string of the molecule is CCCOc1ccc(C2C(=C(O)c3c(C)nc4ccccn34)C(=O)C(=O)N2c2nc(C)c(C(=O)OCC)s2)cc1. The Morgan fingerprint density at radius 1 is 1.05 bits per heavy atom. The third-order valence-electron chi connectivity index (χ3n) is 6.49. The number of hydrogen-bond acceptors (Lipinski definition) is 9. The normalized spacial score (nSPS) is 16.6. The molecule has 4 aromatic rings. The first kappa shape index (κ1) is 27.1. The van der Waals surface area contributed by atoms with Gasteiger partial charge in [0.2, 0.25) is 0 Å². The standard InChI is InChI=1S/C29H28N4O6S/c1-5-15-39-19-12-10-18(11-13-19)23-21(24(34)22-16(3)30-20-9-7-8-14-32(20)22)25(35)27(36)33(23)29-31-17(4)26(40-29)28(37)38-6-2/h7-14,23,34H,5-6,15H2,1-4H3. The highest BCUT2D eigenvalue weighted by Crippen LogP contribution is 2.44. The maximum Gasteiger partial charge on any atom is 0.350 e. The number of aryl methyl sites for hydroxylation is 2. The number of esters is 1. The topological polar surface area (TPSA) is 123 Å². The van der Waals surface area contributed by atoms with Crippen LogP contribution in [0, 0.1) is 13.8 Å². The van der Waals surface area contributed by atoms with E-state index in [1.54, 1.807) is 67.8 Å². The van der Waals surface area contributed by atoms with Crippen LogP contribution >= 0.6 is 11.3 Å². The summed E-state index contributed by atoms with van der Waals surface area (Å²) in [5.41, 5.74) is 2.21. The quantitative estimate of drug-likeness (QED) is 0.138. The molecule has 0 aliphatic carbocycles. The molecule has 206 valence electrons. The van der Waals surface area contributed by atoms with Crippen LogP contribution in [0.25, 0.3) is 11.4 Å². The Bertz CT molecular complexity index is 1650. The van der Waals surface area contributed by atoms with Crippen molar-refractivity contribution < 1.29 is 29.0 Å². The van der Waals surface area contributed by atoms with Crippen LogP contribution in [0.2, 0.25) is 0 Å². The lowest BCUT2D eigenvalue weighted by atomic mass is 9.96. The van der Waals surface area contributed by atoms with E-state index in [0.717, 1.165) is 17.8 Å². The van der Waals surface area contributed by atoms with Gasteiger partial charge in [0.25, 0.3) is 5.78 Å². The lowest BCUT2D eigenvalue weighted by Crippen LogP contribution is -2.29. The van der Waals surface area contributed by atoms with Gasteiger partial charge in [0.1, 0.15) is 22.0 Å². The fourth-order valence-corrected chi connectivity index (χ4v) is 5.70. The Labute approximate surface area is 234 Å². The number of pyridine rings is 1. The summed E-state index contributed by atoms with van der Waals surface area (Å²) >= 11 is 0.961. The van der Waals surface area contributed by atoms with E-state index in [-0.39, 0.29) is 27.9 Å². The summed E-state index contributed by atoms with van der Waals surface area (Å²) in [6, 6.07) is 11.4. The molecule has 0 bridgehead atoms. The molecule has 11 heteroatoms. The Kier molecular flexibility index (Phi) is 7.40. The lowest BCUT2D eigenvalue weighted by Gasteiger charge is -2.23. The van der Waals surface area contributed by atoms with Gasteiger partial charge in [-0.2, -0.15) is 0 Å². The van der Waals surface area contributed by atoms with Gasteiger partial charge in [-0.05, 0) is 57.0 Å². The van der Waals surface area contributed by atoms with Crippen LogP contribution in [0.3, 0.4) is 0 Å². The monoisotopic (exact) mass is 560 g/mol. The Morgan fingerprint density at radius 2 is 1.80 bits per heavy atom. The van der Waals surface area contributed by atoms with E-state index in [0.29, 0.717) is 40.6 Å². The van der Waals surface area contributed by atoms with Gasteiger partial charge >= 0.3 is 11.9 Å². The van der Waals surface area contributed by atoms with Crippen molar-refractivity contribution in [1.82, 2.24) is 14.4 Å². The van der Waals surface area contributed by atoms with Gasteiger partial charge in [-0.3, -0.25) is 18.9 Å². The van der Waals surface area contributed by atoms with Crippen LogP contribution in [0.1, 0.15) is 58.6 Å². The first-order chi connectivity index (χ1) is 19.3. The van der Waals surface area contributed by atoms with Crippen molar-refractivity contribution in [1.29, 1.82) is 0 Å². The summed E-state index contributed by atoms with van der Waals surface area (Å²) in [5.74, 6) is -2.02. The van der Waals surface area contributed by atoms with E-state index < -0.39 is 23.7 Å². The first-order valence-corrected chi connectivity index (χ1v) is 13.7. The van der Waals surface area contributed by atoms with Gasteiger partial charge in [-0.15, -0.1) is 0 Å². The zero-order chi connectivity index (χ0) is 28.6. The van der Waals surface area contributed by atoms with Gasteiger partial charge in [0.05, 0.1) is 36.2 Å². The number of hydrogen-bond donors (Lipinski definition) is 1. The van der Waals surface area contributed by atoms with Crippen LogP contribution in [0.4, 0.5) is 5.13 Å². The number of fused-ring (bicyclic) bond motifs is 1. The average Bonchev–Trinajstić information content (AvgIpc) is 3.57. The number of nitrogens with zero attached hydrogens (tertiary/aromatic N) is 4. The van der Waals surface area contributed by atoms with Crippen molar-refractivity contribution in [3.05, 3.63) is 81.8 Å². The molecule has 0 spiro atoms. The average molecular weight is 561 g/mol. The number of carbonyl (C=O) groups excluding carboxylic acids is 3. The molecule has 0 saturated carbocycles. The number of aromatic nitrogens is 3. The van der Waals surface area contributed by atoms with Crippen LogP contribution in [0.5, 0.6) is 5.75 Å². The molecule has 5 rings (SSSR count). The van der Waals surface area contributed by atoms with Crippen LogP contribution in [0.15, 0.2) is 54.2 Å². The van der Waals surface area contributed by atoms with Gasteiger partial charge in [0.15, 0.2) is 10.9 Å². The van der Waals surface area contributed by atoms with E-state index in [4.69, 9.17) is 9.47 Å². The number of anilines is 1. The van der Waals surface area contributed by atoms with E-state index in [2.05, 4.69) is 9.97 Å². The zero-order valence-electron chi connectivity index (χ0n) is 22.5. The third-order valence-corrected chi connectivity index (χ3v) is 7.63. The zero-order valence-corrected chi connectivity index (χ0v) is 23.3. The number of thiazole rings is 1. The molecule has 1 fully saturated rings. The van der Waals surface area contributed by atoms with E-state index in [9.17, 15) is 19.5 Å². The van der Waals surface area contributed by atoms with E-state index >= 15 is 0 Å². The molecule has 40 heavy (non-hydrogen) atoms. The molecule has 10 nitrogen and oxygen atoms in total. The molecule has 1 aliphatic rings. The maximum absolute atomic E-state index is 13.6. The van der Waals surface area contributed by atoms with Crippen molar-refractivity contribution in [2.45, 2.75) is 40.2 Å². The lowest BCUT2D eigenvalue weighted by molar-refractivity contribution is -0.132. The number of benzene rings is 1. The second-order valence-electron chi connectivity index (χ2n) is 9.19. The van der Waals surface area contributed by atoms with Crippen molar-refractivity contribution >= 4 is 45.5 Å². The van der Waals surface area contributed by atoms with Gasteiger partial charge in [0, 0.05) is 6.20 Å². The number of Topliss-reactive ketones (excluding diaryl/α,β-unsaturated/α-hetero) is 1. The number of carbonyl (C=O) groups is 3. The summed E-state index contributed by atoms with van der Waals surface area (Å²) in [4.78, 5) is 50.1. The number of rotatable bonds is 8. The Balaban J connectivity index is 1.70. The molecule has 1 unspecified atom stereocenters. The highest BCUT2D eigenvalue weighted by Gasteiger charge is 2.49. The second kappa shape index (κ2) is 10.9. The Morgan fingerprint density at radius 3 is 2.50 bits per heavy atom. The first-order valence-electron chi connectivity index (χ1n) is 12.9. The van der Waals surface area contributed by atoms with Crippen LogP contribution in [-0.2, 0) is 14.3 Å². The minimum Gasteiger partial charge on any atom is -0.505 e. The number of ether oxygens (including phenoxy) is 2. The summed E-state index contributed by atoms with van der Waals surface area (Å²) < 4.78 is 12.5. The molecular weight excluding hydrogens is 532 g/mol. The minimum atomic E-state index is -1.02. The van der Waals surface area contributed by atoms with Crippen molar-refractivity contribution in [2.24, 2.45) is 0 Å².